The summed E-state index contributed by atoms with van der Waals surface area (Å²) < 4.78 is 48.1. The molecule has 1 amide bonds. The maximum absolute atomic E-state index is 11.6. The van der Waals surface area contributed by atoms with E-state index >= 15 is 0 Å². The van der Waals surface area contributed by atoms with Gasteiger partial charge in [-0.05, 0) is 26.7 Å². The van der Waals surface area contributed by atoms with Crippen LogP contribution in [0.5, 0.6) is 0 Å². The summed E-state index contributed by atoms with van der Waals surface area (Å²) in [5.41, 5.74) is -0.942. The predicted octanol–water partition coefficient (Wildman–Crippen LogP) is 1.62. The number of carbonyl (C=O) groups is 2. The average molecular weight is 223 g/mol. The molecule has 0 aliphatic rings. The monoisotopic (exact) mass is 223 g/mol. The Hall–Kier alpha value is -1.26. The van der Waals surface area contributed by atoms with Crippen LogP contribution < -0.4 is 5.32 Å². The standard InChI is InChI=1S/C10H19NO4/c1-6(2)7(8(12)13)11-9(14)15-10(3,4)5/h6-7H,1-5H3,(H,11,14)(H,12,13)/t7-/m0/s1/i1D3,2D3. The van der Waals surface area contributed by atoms with E-state index in [-0.39, 0.29) is 0 Å². The zero-order chi connectivity index (χ0) is 17.2. The molecule has 5 heteroatoms. The first kappa shape index (κ1) is 6.35. The molecule has 0 spiro atoms. The van der Waals surface area contributed by atoms with Gasteiger partial charge in [0.25, 0.3) is 0 Å². The lowest BCUT2D eigenvalue weighted by Gasteiger charge is -2.23. The smallest absolute Gasteiger partial charge is 0.408 e. The molecule has 0 heterocycles. The van der Waals surface area contributed by atoms with Crippen LogP contribution in [0.1, 0.15) is 42.7 Å². The summed E-state index contributed by atoms with van der Waals surface area (Å²) in [6.07, 6.45) is -1.20. The van der Waals surface area contributed by atoms with Gasteiger partial charge in [0, 0.05) is 8.22 Å². The molecule has 2 N–H and O–H groups in total. The fourth-order valence-corrected chi connectivity index (χ4v) is 0.722. The molecule has 0 radical (unpaired) electrons. The van der Waals surface area contributed by atoms with Gasteiger partial charge in [-0.3, -0.25) is 0 Å². The molecule has 0 aliphatic carbocycles. The molecule has 0 saturated carbocycles. The molecular formula is C10H19NO4. The topological polar surface area (TPSA) is 75.6 Å². The Balaban J connectivity index is 5.38. The Kier molecular flexibility index (Phi) is 2.12. The number of nitrogens with one attached hydrogen (secondary N) is 1. The van der Waals surface area contributed by atoms with Crippen molar-refractivity contribution < 1.29 is 27.7 Å². The summed E-state index contributed by atoms with van der Waals surface area (Å²) in [5, 5.41) is 10.9. The zero-order valence-electron chi connectivity index (χ0n) is 14.8. The summed E-state index contributed by atoms with van der Waals surface area (Å²) in [6, 6.07) is -2.13. The van der Waals surface area contributed by atoms with Crippen molar-refractivity contribution in [2.24, 2.45) is 5.92 Å². The van der Waals surface area contributed by atoms with E-state index in [1.807, 2.05) is 0 Å². The van der Waals surface area contributed by atoms with Gasteiger partial charge in [-0.15, -0.1) is 0 Å². The van der Waals surface area contributed by atoms with Crippen LogP contribution in [0.25, 0.3) is 0 Å². The summed E-state index contributed by atoms with van der Waals surface area (Å²) >= 11 is 0. The van der Waals surface area contributed by atoms with Gasteiger partial charge in [-0.1, -0.05) is 13.7 Å². The normalized spacial score (nSPS) is 21.1. The molecule has 0 unspecified atom stereocenters. The van der Waals surface area contributed by atoms with Gasteiger partial charge in [0.2, 0.25) is 0 Å². The number of amides is 1. The minimum atomic E-state index is -3.09. The second-order valence-corrected chi connectivity index (χ2v) is 3.94. The summed E-state index contributed by atoms with van der Waals surface area (Å²) in [7, 11) is 0. The van der Waals surface area contributed by atoms with Crippen LogP contribution in [0, 0.1) is 5.92 Å². The molecule has 0 rings (SSSR count). The van der Waals surface area contributed by atoms with Crippen molar-refractivity contribution in [2.45, 2.75) is 46.1 Å². The lowest BCUT2D eigenvalue weighted by molar-refractivity contribution is -0.140. The largest absolute Gasteiger partial charge is 0.480 e. The van der Waals surface area contributed by atoms with Crippen molar-refractivity contribution in [1.29, 1.82) is 0 Å². The quantitative estimate of drug-likeness (QED) is 0.762. The van der Waals surface area contributed by atoms with Gasteiger partial charge in [-0.2, -0.15) is 0 Å². The number of carboxylic acids is 1. The number of aliphatic carboxylic acids is 1. The number of ether oxygens (including phenoxy) is 1. The average Bonchev–Trinajstić information content (AvgIpc) is 2.07. The molecule has 1 atom stereocenters. The first-order valence-electron chi connectivity index (χ1n) is 7.28. The third-order valence-electron chi connectivity index (χ3n) is 1.27. The number of alkyl carbamates (subject to hydrolysis) is 1. The maximum atomic E-state index is 11.6. The third-order valence-corrected chi connectivity index (χ3v) is 1.27. The van der Waals surface area contributed by atoms with Crippen LogP contribution in [-0.4, -0.2) is 28.8 Å². The first-order valence-corrected chi connectivity index (χ1v) is 4.28. The van der Waals surface area contributed by atoms with Crippen LogP contribution in [0.15, 0.2) is 0 Å². The second-order valence-electron chi connectivity index (χ2n) is 3.94. The Morgan fingerprint density at radius 3 is 2.27 bits per heavy atom. The molecule has 0 fully saturated rings. The fraction of sp³-hybridized carbons (Fsp3) is 0.800. The SMILES string of the molecule is [2H]C([2H])([2H])C([C@H](NC(=O)OC(C)(C)C)C(=O)O)C([2H])([2H])[2H]. The van der Waals surface area contributed by atoms with Crippen molar-refractivity contribution in [3.8, 4) is 0 Å². The molecule has 5 nitrogen and oxygen atoms in total. The van der Waals surface area contributed by atoms with Crippen molar-refractivity contribution in [2.75, 3.05) is 0 Å². The molecule has 0 aromatic rings. The third kappa shape index (κ3) is 5.93. The lowest BCUT2D eigenvalue weighted by atomic mass is 10.1. The minimum Gasteiger partial charge on any atom is -0.480 e. The summed E-state index contributed by atoms with van der Waals surface area (Å²) in [4.78, 5) is 22.7. The fourth-order valence-electron chi connectivity index (χ4n) is 0.722. The Labute approximate surface area is 98.2 Å². The number of hydrogen-bond acceptors (Lipinski definition) is 3. The van der Waals surface area contributed by atoms with E-state index in [9.17, 15) is 9.59 Å². The molecule has 0 aliphatic heterocycles. The van der Waals surface area contributed by atoms with Gasteiger partial charge in [0.1, 0.15) is 11.6 Å². The Morgan fingerprint density at radius 2 is 1.93 bits per heavy atom. The summed E-state index contributed by atoms with van der Waals surface area (Å²) in [6.45, 7) is -1.62. The van der Waals surface area contributed by atoms with Crippen LogP contribution in [0.3, 0.4) is 0 Å². The minimum absolute atomic E-state index is 0.942. The van der Waals surface area contributed by atoms with Crippen molar-refractivity contribution in [1.82, 2.24) is 5.32 Å². The van der Waals surface area contributed by atoms with Crippen LogP contribution in [0.2, 0.25) is 0 Å². The van der Waals surface area contributed by atoms with Crippen molar-refractivity contribution >= 4 is 12.1 Å². The first-order chi connectivity index (χ1) is 9.05. The highest BCUT2D eigenvalue weighted by Crippen LogP contribution is 2.08. The highest BCUT2D eigenvalue weighted by Gasteiger charge is 2.26. The van der Waals surface area contributed by atoms with Gasteiger partial charge >= 0.3 is 12.1 Å². The lowest BCUT2D eigenvalue weighted by Crippen LogP contribution is -2.46. The van der Waals surface area contributed by atoms with E-state index in [0.717, 1.165) is 0 Å². The maximum Gasteiger partial charge on any atom is 0.408 e. The highest BCUT2D eigenvalue weighted by atomic mass is 16.6. The Morgan fingerprint density at radius 1 is 1.40 bits per heavy atom. The molecule has 0 aromatic heterocycles. The number of carboxylic acid groups (broad SMARTS) is 1. The van der Waals surface area contributed by atoms with Gasteiger partial charge < -0.3 is 15.2 Å². The number of rotatable bonds is 3. The molecule has 0 bridgehead atoms. The number of carbonyl (C=O) groups excluding carboxylic acids is 1. The van der Waals surface area contributed by atoms with Crippen LogP contribution in [0.4, 0.5) is 4.79 Å². The molecular weight excluding hydrogens is 198 g/mol. The molecule has 0 saturated heterocycles. The zero-order valence-corrected chi connectivity index (χ0v) is 8.83. The predicted molar refractivity (Wildman–Crippen MR) is 55.6 cm³/mol. The van der Waals surface area contributed by atoms with Gasteiger partial charge in [0.15, 0.2) is 0 Å². The van der Waals surface area contributed by atoms with E-state index in [4.69, 9.17) is 18.1 Å². The van der Waals surface area contributed by atoms with Crippen LogP contribution >= 0.6 is 0 Å². The number of hydrogen-bond donors (Lipinski definition) is 2. The van der Waals surface area contributed by atoms with Crippen LogP contribution in [-0.2, 0) is 9.53 Å². The van der Waals surface area contributed by atoms with Crippen molar-refractivity contribution in [3.63, 3.8) is 0 Å². The summed E-state index contributed by atoms with van der Waals surface area (Å²) in [5.74, 6) is -4.02. The van der Waals surface area contributed by atoms with E-state index in [2.05, 4.69) is 0 Å². The van der Waals surface area contributed by atoms with Gasteiger partial charge in [0.05, 0.1) is 0 Å². The van der Waals surface area contributed by atoms with E-state index < -0.39 is 43.3 Å². The van der Waals surface area contributed by atoms with E-state index in [0.29, 0.717) is 0 Å². The van der Waals surface area contributed by atoms with Gasteiger partial charge in [-0.25, -0.2) is 9.59 Å². The molecule has 15 heavy (non-hydrogen) atoms. The second kappa shape index (κ2) is 5.00. The molecule has 88 valence electrons. The van der Waals surface area contributed by atoms with Crippen molar-refractivity contribution in [3.05, 3.63) is 0 Å². The highest BCUT2D eigenvalue weighted by molar-refractivity contribution is 5.80. The Bertz CT molecular complexity index is 384. The van der Waals surface area contributed by atoms with E-state index in [1.54, 1.807) is 5.32 Å². The van der Waals surface area contributed by atoms with E-state index in [1.165, 1.54) is 20.8 Å². The molecule has 0 aromatic carbocycles.